The van der Waals surface area contributed by atoms with Crippen LogP contribution in [0.2, 0.25) is 0 Å². The van der Waals surface area contributed by atoms with Crippen LogP contribution in [0.25, 0.3) is 0 Å². The predicted octanol–water partition coefficient (Wildman–Crippen LogP) is -0.187. The van der Waals surface area contributed by atoms with Gasteiger partial charge in [-0.15, -0.1) is 0 Å². The van der Waals surface area contributed by atoms with Crippen molar-refractivity contribution in [2.75, 3.05) is 11.5 Å². The number of hydrogen-bond acceptors (Lipinski definition) is 4. The number of carbonyl (C=O) groups excluding carboxylic acids is 1. The van der Waals surface area contributed by atoms with E-state index < -0.39 is 27.6 Å². The normalized spacial score (nSPS) is 40.9. The fourth-order valence-electron chi connectivity index (χ4n) is 3.72. The van der Waals surface area contributed by atoms with Gasteiger partial charge < -0.3 is 10.4 Å². The lowest BCUT2D eigenvalue weighted by Crippen LogP contribution is -2.44. The maximum Gasteiger partial charge on any atom is 0.307 e. The Hall–Kier alpha value is -1.37. The molecule has 2 aliphatic carbocycles. The van der Waals surface area contributed by atoms with E-state index in [2.05, 4.69) is 5.32 Å². The molecular weight excluding hydrogens is 282 g/mol. The average molecular weight is 299 g/mol. The summed E-state index contributed by atoms with van der Waals surface area (Å²) in [5, 5.41) is 12.0. The van der Waals surface area contributed by atoms with Crippen molar-refractivity contribution in [3.05, 3.63) is 12.2 Å². The van der Waals surface area contributed by atoms with E-state index in [-0.39, 0.29) is 35.3 Å². The van der Waals surface area contributed by atoms with Crippen LogP contribution in [-0.2, 0) is 19.4 Å². The molecule has 2 bridgehead atoms. The van der Waals surface area contributed by atoms with Crippen LogP contribution in [0.5, 0.6) is 0 Å². The Labute approximate surface area is 117 Å². The summed E-state index contributed by atoms with van der Waals surface area (Å²) >= 11 is 0. The van der Waals surface area contributed by atoms with Crippen LogP contribution in [-0.4, -0.2) is 42.9 Å². The minimum absolute atomic E-state index is 0.0286. The van der Waals surface area contributed by atoms with Crippen LogP contribution < -0.4 is 5.32 Å². The van der Waals surface area contributed by atoms with E-state index in [1.807, 2.05) is 12.2 Å². The van der Waals surface area contributed by atoms with Crippen molar-refractivity contribution >= 4 is 21.7 Å². The molecule has 2 fully saturated rings. The van der Waals surface area contributed by atoms with Gasteiger partial charge in [0.2, 0.25) is 5.91 Å². The summed E-state index contributed by atoms with van der Waals surface area (Å²) in [6.07, 6.45) is 4.92. The Morgan fingerprint density at radius 3 is 2.35 bits per heavy atom. The molecule has 5 atom stereocenters. The van der Waals surface area contributed by atoms with Crippen molar-refractivity contribution < 1.29 is 23.1 Å². The zero-order chi connectivity index (χ0) is 14.5. The zero-order valence-electron chi connectivity index (χ0n) is 10.9. The largest absolute Gasteiger partial charge is 0.481 e. The Kier molecular flexibility index (Phi) is 3.12. The fraction of sp³-hybridized carbons (Fsp3) is 0.692. The lowest BCUT2D eigenvalue weighted by molar-refractivity contribution is -0.147. The summed E-state index contributed by atoms with van der Waals surface area (Å²) in [4.78, 5) is 23.7. The molecule has 1 saturated heterocycles. The molecular formula is C13H17NO5S. The number of rotatable bonds is 3. The lowest BCUT2D eigenvalue weighted by Gasteiger charge is -2.25. The molecule has 3 rings (SSSR count). The van der Waals surface area contributed by atoms with Gasteiger partial charge in [0.05, 0.1) is 23.3 Å². The van der Waals surface area contributed by atoms with Crippen LogP contribution >= 0.6 is 0 Å². The van der Waals surface area contributed by atoms with Gasteiger partial charge >= 0.3 is 5.97 Å². The minimum atomic E-state index is -3.05. The molecule has 0 aromatic rings. The van der Waals surface area contributed by atoms with E-state index in [0.717, 1.165) is 0 Å². The summed E-state index contributed by atoms with van der Waals surface area (Å²) in [5.74, 6) is -2.53. The number of carboxylic acid groups (broad SMARTS) is 1. The highest BCUT2D eigenvalue weighted by molar-refractivity contribution is 7.91. The fourth-order valence-corrected chi connectivity index (χ4v) is 5.40. The quantitative estimate of drug-likeness (QED) is 0.704. The van der Waals surface area contributed by atoms with Crippen LogP contribution in [0.3, 0.4) is 0 Å². The van der Waals surface area contributed by atoms with Crippen molar-refractivity contribution in [3.63, 3.8) is 0 Å². The molecule has 1 heterocycles. The number of allylic oxidation sites excluding steroid dienone is 2. The molecule has 2 N–H and O–H groups in total. The summed E-state index contributed by atoms with van der Waals surface area (Å²) in [6, 6.07) is -0.370. The number of amides is 1. The number of sulfone groups is 1. The summed E-state index contributed by atoms with van der Waals surface area (Å²) in [5.41, 5.74) is 0. The van der Waals surface area contributed by atoms with Crippen molar-refractivity contribution in [2.24, 2.45) is 23.7 Å². The highest BCUT2D eigenvalue weighted by atomic mass is 32.2. The van der Waals surface area contributed by atoms with E-state index in [9.17, 15) is 23.1 Å². The second kappa shape index (κ2) is 4.58. The Bertz CT molecular complexity index is 582. The van der Waals surface area contributed by atoms with Gasteiger partial charge in [0.1, 0.15) is 0 Å². The molecule has 20 heavy (non-hydrogen) atoms. The Morgan fingerprint density at radius 1 is 1.15 bits per heavy atom. The number of hydrogen-bond donors (Lipinski definition) is 2. The molecule has 0 radical (unpaired) electrons. The number of carbonyl (C=O) groups is 2. The topological polar surface area (TPSA) is 101 Å². The zero-order valence-corrected chi connectivity index (χ0v) is 11.7. The third kappa shape index (κ3) is 2.24. The molecule has 0 spiro atoms. The van der Waals surface area contributed by atoms with E-state index >= 15 is 0 Å². The third-order valence-electron chi connectivity index (χ3n) is 4.63. The van der Waals surface area contributed by atoms with Gasteiger partial charge in [0.15, 0.2) is 9.84 Å². The predicted molar refractivity (Wildman–Crippen MR) is 70.6 cm³/mol. The third-order valence-corrected chi connectivity index (χ3v) is 6.39. The van der Waals surface area contributed by atoms with Crippen LogP contribution in [0.1, 0.15) is 12.8 Å². The monoisotopic (exact) mass is 299 g/mol. The minimum Gasteiger partial charge on any atom is -0.481 e. The highest BCUT2D eigenvalue weighted by Crippen LogP contribution is 2.48. The van der Waals surface area contributed by atoms with Gasteiger partial charge in [-0.2, -0.15) is 0 Å². The van der Waals surface area contributed by atoms with Gasteiger partial charge in [0, 0.05) is 6.04 Å². The molecule has 110 valence electrons. The highest BCUT2D eigenvalue weighted by Gasteiger charge is 2.52. The maximum absolute atomic E-state index is 12.3. The molecule has 3 aliphatic rings. The van der Waals surface area contributed by atoms with Gasteiger partial charge in [-0.3, -0.25) is 9.59 Å². The molecule has 1 saturated carbocycles. The second-order valence-corrected chi connectivity index (χ2v) is 8.18. The van der Waals surface area contributed by atoms with E-state index in [1.54, 1.807) is 0 Å². The first-order chi connectivity index (χ1) is 9.37. The molecule has 0 aromatic heterocycles. The number of fused-ring (bicyclic) bond motifs is 2. The lowest BCUT2D eigenvalue weighted by atomic mass is 9.82. The summed E-state index contributed by atoms with van der Waals surface area (Å²) < 4.78 is 22.8. The van der Waals surface area contributed by atoms with Crippen LogP contribution in [0.15, 0.2) is 12.2 Å². The second-order valence-electron chi connectivity index (χ2n) is 5.95. The van der Waals surface area contributed by atoms with Gasteiger partial charge in [-0.25, -0.2) is 8.42 Å². The molecule has 0 aromatic carbocycles. The maximum atomic E-state index is 12.3. The summed E-state index contributed by atoms with van der Waals surface area (Å²) in [6.45, 7) is 0. The van der Waals surface area contributed by atoms with Crippen molar-refractivity contribution in [1.82, 2.24) is 5.32 Å². The van der Waals surface area contributed by atoms with Crippen LogP contribution in [0.4, 0.5) is 0 Å². The number of carboxylic acids is 1. The summed E-state index contributed by atoms with van der Waals surface area (Å²) in [7, 11) is -3.05. The number of aliphatic carboxylic acids is 1. The first-order valence-electron chi connectivity index (χ1n) is 6.79. The molecule has 7 heteroatoms. The smallest absolute Gasteiger partial charge is 0.307 e. The van der Waals surface area contributed by atoms with Crippen molar-refractivity contribution in [2.45, 2.75) is 18.9 Å². The van der Waals surface area contributed by atoms with Gasteiger partial charge in [0.25, 0.3) is 0 Å². The van der Waals surface area contributed by atoms with E-state index in [1.165, 1.54) is 0 Å². The first-order valence-corrected chi connectivity index (χ1v) is 8.61. The first kappa shape index (κ1) is 13.6. The average Bonchev–Trinajstić information content (AvgIpc) is 3.02. The molecule has 0 unspecified atom stereocenters. The molecule has 1 amide bonds. The van der Waals surface area contributed by atoms with Crippen molar-refractivity contribution in [1.29, 1.82) is 0 Å². The van der Waals surface area contributed by atoms with Crippen LogP contribution in [0, 0.1) is 23.7 Å². The van der Waals surface area contributed by atoms with E-state index in [0.29, 0.717) is 12.8 Å². The SMILES string of the molecule is O=C(O)[C@@H]1[C@@H](C(=O)N[C@H]2CCS(=O)(=O)C2)[C@H]2C=C[C@H]1C2. The van der Waals surface area contributed by atoms with Gasteiger partial charge in [-0.1, -0.05) is 12.2 Å². The standard InChI is InChI=1S/C13H17NO5S/c15-12(14-9-3-4-20(18,19)6-9)10-7-1-2-8(5-7)11(10)13(16)17/h1-2,7-11H,3-6H2,(H,14,15)(H,16,17)/t7-,8-,9-,10-,11-/m0/s1. The van der Waals surface area contributed by atoms with Crippen molar-refractivity contribution in [3.8, 4) is 0 Å². The molecule has 6 nitrogen and oxygen atoms in total. The Morgan fingerprint density at radius 2 is 1.80 bits per heavy atom. The molecule has 1 aliphatic heterocycles. The Balaban J connectivity index is 1.71. The van der Waals surface area contributed by atoms with Gasteiger partial charge in [-0.05, 0) is 24.7 Å². The van der Waals surface area contributed by atoms with E-state index in [4.69, 9.17) is 0 Å². The number of nitrogens with one attached hydrogen (secondary N) is 1.